The van der Waals surface area contributed by atoms with Gasteiger partial charge in [-0.3, -0.25) is 10.1 Å². The number of thioether (sulfide) groups is 1. The topological polar surface area (TPSA) is 69.2 Å². The fourth-order valence-electron chi connectivity index (χ4n) is 2.05. The Morgan fingerprint density at radius 2 is 1.90 bits per heavy atom. The molecule has 0 aliphatic rings. The van der Waals surface area contributed by atoms with E-state index >= 15 is 0 Å². The lowest BCUT2D eigenvalue weighted by molar-refractivity contribution is -0.385. The maximum absolute atomic E-state index is 10.9. The monoisotopic (exact) mass is 302 g/mol. The van der Waals surface area contributed by atoms with E-state index in [1.807, 2.05) is 37.3 Å². The summed E-state index contributed by atoms with van der Waals surface area (Å²) < 4.78 is 0. The second-order valence-corrected chi connectivity index (χ2v) is 6.01. The van der Waals surface area contributed by atoms with E-state index < -0.39 is 0 Å². The third kappa shape index (κ3) is 3.83. The molecule has 0 saturated heterocycles. The SMILES string of the molecule is Cc1c(CSc2ccc(C(C)N)cc2)cccc1[N+](=O)[O-]. The Labute approximate surface area is 128 Å². The zero-order valence-electron chi connectivity index (χ0n) is 12.1. The number of nitrogens with zero attached hydrogens (tertiary/aromatic N) is 1. The molecule has 0 aliphatic heterocycles. The van der Waals surface area contributed by atoms with Gasteiger partial charge in [0.25, 0.3) is 5.69 Å². The van der Waals surface area contributed by atoms with Crippen LogP contribution in [-0.2, 0) is 5.75 Å². The van der Waals surface area contributed by atoms with Crippen molar-refractivity contribution in [2.75, 3.05) is 0 Å². The number of benzene rings is 2. The van der Waals surface area contributed by atoms with Crippen LogP contribution in [0, 0.1) is 17.0 Å². The molecule has 0 fully saturated rings. The van der Waals surface area contributed by atoms with Crippen LogP contribution in [0.2, 0.25) is 0 Å². The molecule has 0 heterocycles. The number of nitrogens with two attached hydrogens (primary N) is 1. The van der Waals surface area contributed by atoms with Crippen LogP contribution in [0.5, 0.6) is 0 Å². The van der Waals surface area contributed by atoms with Gasteiger partial charge in [-0.15, -0.1) is 11.8 Å². The fraction of sp³-hybridized carbons (Fsp3) is 0.250. The summed E-state index contributed by atoms with van der Waals surface area (Å²) in [6.45, 7) is 3.75. The Kier molecular flexibility index (Phi) is 4.98. The van der Waals surface area contributed by atoms with Gasteiger partial charge < -0.3 is 5.73 Å². The number of hydrogen-bond acceptors (Lipinski definition) is 4. The van der Waals surface area contributed by atoms with Crippen LogP contribution in [-0.4, -0.2) is 4.92 Å². The van der Waals surface area contributed by atoms with Crippen LogP contribution >= 0.6 is 11.8 Å². The van der Waals surface area contributed by atoms with E-state index in [1.54, 1.807) is 30.8 Å². The Morgan fingerprint density at radius 3 is 2.48 bits per heavy atom. The van der Waals surface area contributed by atoms with E-state index in [-0.39, 0.29) is 16.7 Å². The van der Waals surface area contributed by atoms with Crippen molar-refractivity contribution in [3.05, 3.63) is 69.3 Å². The molecule has 2 aromatic rings. The van der Waals surface area contributed by atoms with Gasteiger partial charge >= 0.3 is 0 Å². The van der Waals surface area contributed by atoms with Crippen molar-refractivity contribution < 1.29 is 4.92 Å². The molecule has 0 spiro atoms. The van der Waals surface area contributed by atoms with Crippen molar-refractivity contribution in [1.29, 1.82) is 0 Å². The van der Waals surface area contributed by atoms with E-state index in [2.05, 4.69) is 0 Å². The molecule has 2 aromatic carbocycles. The van der Waals surface area contributed by atoms with Crippen LogP contribution in [0.4, 0.5) is 5.69 Å². The van der Waals surface area contributed by atoms with Crippen LogP contribution in [0.25, 0.3) is 0 Å². The van der Waals surface area contributed by atoms with Gasteiger partial charge in [0, 0.05) is 28.3 Å². The van der Waals surface area contributed by atoms with Crippen LogP contribution < -0.4 is 5.73 Å². The summed E-state index contributed by atoms with van der Waals surface area (Å²) in [5, 5.41) is 10.9. The summed E-state index contributed by atoms with van der Waals surface area (Å²) in [4.78, 5) is 11.7. The molecule has 1 atom stereocenters. The summed E-state index contributed by atoms with van der Waals surface area (Å²) in [7, 11) is 0. The quantitative estimate of drug-likeness (QED) is 0.510. The maximum Gasteiger partial charge on any atom is 0.272 e. The average molecular weight is 302 g/mol. The first-order valence-electron chi connectivity index (χ1n) is 6.70. The van der Waals surface area contributed by atoms with Gasteiger partial charge in [0.2, 0.25) is 0 Å². The zero-order chi connectivity index (χ0) is 15.4. The number of nitro groups is 1. The molecule has 4 nitrogen and oxygen atoms in total. The zero-order valence-corrected chi connectivity index (χ0v) is 12.9. The predicted molar refractivity (Wildman–Crippen MR) is 86.4 cm³/mol. The lowest BCUT2D eigenvalue weighted by Gasteiger charge is -2.08. The first-order valence-corrected chi connectivity index (χ1v) is 7.69. The van der Waals surface area contributed by atoms with Gasteiger partial charge in [-0.1, -0.05) is 24.3 Å². The molecular weight excluding hydrogens is 284 g/mol. The largest absolute Gasteiger partial charge is 0.324 e. The smallest absolute Gasteiger partial charge is 0.272 e. The van der Waals surface area contributed by atoms with Gasteiger partial charge in [-0.2, -0.15) is 0 Å². The second-order valence-electron chi connectivity index (χ2n) is 4.96. The summed E-state index contributed by atoms with van der Waals surface area (Å²) in [5.41, 5.74) is 8.84. The Balaban J connectivity index is 2.09. The van der Waals surface area contributed by atoms with Gasteiger partial charge in [0.05, 0.1) is 4.92 Å². The summed E-state index contributed by atoms with van der Waals surface area (Å²) >= 11 is 1.67. The second kappa shape index (κ2) is 6.74. The van der Waals surface area contributed by atoms with Gasteiger partial charge in [0.1, 0.15) is 0 Å². The van der Waals surface area contributed by atoms with Crippen LogP contribution in [0.1, 0.15) is 29.7 Å². The lowest BCUT2D eigenvalue weighted by atomic mass is 10.1. The summed E-state index contributed by atoms with van der Waals surface area (Å²) in [6.07, 6.45) is 0. The van der Waals surface area contributed by atoms with Gasteiger partial charge in [-0.05, 0) is 37.1 Å². The molecule has 0 aromatic heterocycles. The highest BCUT2D eigenvalue weighted by molar-refractivity contribution is 7.98. The minimum absolute atomic E-state index is 0.0306. The minimum Gasteiger partial charge on any atom is -0.324 e. The van der Waals surface area contributed by atoms with Crippen molar-refractivity contribution in [1.82, 2.24) is 0 Å². The third-order valence-corrected chi connectivity index (χ3v) is 4.48. The predicted octanol–water partition coefficient (Wildman–Crippen LogP) is 4.22. The summed E-state index contributed by atoms with van der Waals surface area (Å²) in [6, 6.07) is 13.4. The molecule has 1 unspecified atom stereocenters. The van der Waals surface area contributed by atoms with Gasteiger partial charge in [0.15, 0.2) is 0 Å². The highest BCUT2D eigenvalue weighted by Gasteiger charge is 2.13. The van der Waals surface area contributed by atoms with E-state index in [0.29, 0.717) is 5.75 Å². The number of rotatable bonds is 5. The molecule has 110 valence electrons. The van der Waals surface area contributed by atoms with Gasteiger partial charge in [-0.25, -0.2) is 0 Å². The average Bonchev–Trinajstić information content (AvgIpc) is 2.46. The molecular formula is C16H18N2O2S. The molecule has 5 heteroatoms. The van der Waals surface area contributed by atoms with Crippen molar-refractivity contribution in [2.45, 2.75) is 30.5 Å². The molecule has 0 aliphatic carbocycles. The fourth-order valence-corrected chi connectivity index (χ4v) is 3.02. The maximum atomic E-state index is 10.9. The Hall–Kier alpha value is -1.85. The minimum atomic E-state index is -0.332. The molecule has 0 saturated carbocycles. The van der Waals surface area contributed by atoms with Crippen molar-refractivity contribution in [2.24, 2.45) is 5.73 Å². The molecule has 0 amide bonds. The van der Waals surface area contributed by atoms with E-state index in [0.717, 1.165) is 21.6 Å². The highest BCUT2D eigenvalue weighted by Crippen LogP contribution is 2.28. The van der Waals surface area contributed by atoms with Crippen LogP contribution in [0.15, 0.2) is 47.4 Å². The molecule has 2 rings (SSSR count). The van der Waals surface area contributed by atoms with Crippen molar-refractivity contribution >= 4 is 17.4 Å². The molecule has 2 N–H and O–H groups in total. The molecule has 0 radical (unpaired) electrons. The molecule has 21 heavy (non-hydrogen) atoms. The third-order valence-electron chi connectivity index (χ3n) is 3.41. The first kappa shape index (κ1) is 15.5. The highest BCUT2D eigenvalue weighted by atomic mass is 32.2. The Morgan fingerprint density at radius 1 is 1.24 bits per heavy atom. The van der Waals surface area contributed by atoms with E-state index in [4.69, 9.17) is 5.73 Å². The van der Waals surface area contributed by atoms with E-state index in [1.165, 1.54) is 0 Å². The first-order chi connectivity index (χ1) is 9.99. The number of nitro benzene ring substituents is 1. The number of hydrogen-bond donors (Lipinski definition) is 1. The molecule has 0 bridgehead atoms. The Bertz CT molecular complexity index is 639. The standard InChI is InChI=1S/C16H18N2O2S/c1-11-14(4-3-5-16(11)18(19)20)10-21-15-8-6-13(7-9-15)12(2)17/h3-9,12H,10,17H2,1-2H3. The lowest BCUT2D eigenvalue weighted by Crippen LogP contribution is -2.04. The van der Waals surface area contributed by atoms with Crippen molar-refractivity contribution in [3.63, 3.8) is 0 Å². The normalized spacial score (nSPS) is 12.1. The van der Waals surface area contributed by atoms with Crippen LogP contribution in [0.3, 0.4) is 0 Å². The van der Waals surface area contributed by atoms with Crippen molar-refractivity contribution in [3.8, 4) is 0 Å². The summed E-state index contributed by atoms with van der Waals surface area (Å²) in [5.74, 6) is 0.713. The van der Waals surface area contributed by atoms with E-state index in [9.17, 15) is 10.1 Å².